The number of nitrogens with zero attached hydrogens (tertiary/aromatic N) is 3. The van der Waals surface area contributed by atoms with Crippen LogP contribution in [0.5, 0.6) is 0 Å². The SMILES string of the molecule is N#CC1(c2cnccn2)CCCS1. The Morgan fingerprint density at radius 2 is 2.46 bits per heavy atom. The lowest BCUT2D eigenvalue weighted by Crippen LogP contribution is -2.17. The molecule has 2 heterocycles. The highest BCUT2D eigenvalue weighted by Crippen LogP contribution is 2.44. The molecular formula is C9H9N3S. The smallest absolute Gasteiger partial charge is 0.146 e. The minimum Gasteiger partial charge on any atom is -0.261 e. The molecule has 1 aromatic rings. The molecule has 0 saturated carbocycles. The van der Waals surface area contributed by atoms with Crippen molar-refractivity contribution < 1.29 is 0 Å². The van der Waals surface area contributed by atoms with Crippen molar-refractivity contribution in [2.45, 2.75) is 17.6 Å². The Kier molecular flexibility index (Phi) is 2.19. The highest BCUT2D eigenvalue weighted by atomic mass is 32.2. The van der Waals surface area contributed by atoms with E-state index in [1.165, 1.54) is 0 Å². The minimum absolute atomic E-state index is 0.422. The summed E-state index contributed by atoms with van der Waals surface area (Å²) in [5.41, 5.74) is 0.806. The highest BCUT2D eigenvalue weighted by molar-refractivity contribution is 8.00. The fourth-order valence-corrected chi connectivity index (χ4v) is 2.74. The third-order valence-corrected chi connectivity index (χ3v) is 3.67. The highest BCUT2D eigenvalue weighted by Gasteiger charge is 2.38. The van der Waals surface area contributed by atoms with Crippen molar-refractivity contribution in [2.24, 2.45) is 0 Å². The van der Waals surface area contributed by atoms with E-state index < -0.39 is 4.75 Å². The van der Waals surface area contributed by atoms with E-state index >= 15 is 0 Å². The fourth-order valence-electron chi connectivity index (χ4n) is 1.49. The zero-order valence-electron chi connectivity index (χ0n) is 7.10. The molecule has 66 valence electrons. The number of rotatable bonds is 1. The lowest BCUT2D eigenvalue weighted by molar-refractivity contribution is 0.694. The number of thioether (sulfide) groups is 1. The van der Waals surface area contributed by atoms with Gasteiger partial charge in [0.15, 0.2) is 0 Å². The molecule has 0 spiro atoms. The van der Waals surface area contributed by atoms with Crippen LogP contribution in [0.2, 0.25) is 0 Å². The average Bonchev–Trinajstić information content (AvgIpc) is 2.69. The van der Waals surface area contributed by atoms with Gasteiger partial charge in [-0.1, -0.05) is 0 Å². The predicted molar refractivity (Wildman–Crippen MR) is 51.0 cm³/mol. The topological polar surface area (TPSA) is 49.6 Å². The fraction of sp³-hybridized carbons (Fsp3) is 0.444. The summed E-state index contributed by atoms with van der Waals surface area (Å²) in [6, 6.07) is 2.35. The van der Waals surface area contributed by atoms with Gasteiger partial charge in [-0.05, 0) is 18.6 Å². The first-order chi connectivity index (χ1) is 6.37. The normalized spacial score (nSPS) is 27.0. The molecule has 1 fully saturated rings. The van der Waals surface area contributed by atoms with Gasteiger partial charge in [-0.25, -0.2) is 0 Å². The van der Waals surface area contributed by atoms with Crippen molar-refractivity contribution in [1.82, 2.24) is 9.97 Å². The molecule has 0 bridgehead atoms. The summed E-state index contributed by atoms with van der Waals surface area (Å²) in [6.45, 7) is 0. The van der Waals surface area contributed by atoms with E-state index in [1.54, 1.807) is 30.4 Å². The van der Waals surface area contributed by atoms with Crippen LogP contribution in [0, 0.1) is 11.3 Å². The number of hydrogen-bond donors (Lipinski definition) is 0. The molecule has 0 N–H and O–H groups in total. The van der Waals surface area contributed by atoms with Crippen molar-refractivity contribution in [1.29, 1.82) is 5.26 Å². The van der Waals surface area contributed by atoms with Gasteiger partial charge >= 0.3 is 0 Å². The van der Waals surface area contributed by atoms with Gasteiger partial charge in [-0.3, -0.25) is 9.97 Å². The van der Waals surface area contributed by atoms with Gasteiger partial charge in [0.1, 0.15) is 4.75 Å². The van der Waals surface area contributed by atoms with Crippen molar-refractivity contribution in [2.75, 3.05) is 5.75 Å². The first-order valence-electron chi connectivity index (χ1n) is 4.19. The molecule has 0 aromatic carbocycles. The van der Waals surface area contributed by atoms with Crippen LogP contribution in [0.4, 0.5) is 0 Å². The lowest BCUT2D eigenvalue weighted by atomic mass is 10.0. The van der Waals surface area contributed by atoms with Crippen LogP contribution in [-0.4, -0.2) is 15.7 Å². The molecule has 0 amide bonds. The van der Waals surface area contributed by atoms with Crippen LogP contribution in [0.3, 0.4) is 0 Å². The minimum atomic E-state index is -0.422. The van der Waals surface area contributed by atoms with E-state index in [0.29, 0.717) is 0 Å². The molecule has 1 aromatic heterocycles. The maximum absolute atomic E-state index is 9.13. The molecule has 2 rings (SSSR count). The molecular weight excluding hydrogens is 182 g/mol. The van der Waals surface area contributed by atoms with Crippen LogP contribution in [0.25, 0.3) is 0 Å². The van der Waals surface area contributed by atoms with Crippen LogP contribution < -0.4 is 0 Å². The second-order valence-electron chi connectivity index (χ2n) is 2.98. The maximum Gasteiger partial charge on any atom is 0.146 e. The van der Waals surface area contributed by atoms with Crippen molar-refractivity contribution in [3.63, 3.8) is 0 Å². The third kappa shape index (κ3) is 1.40. The van der Waals surface area contributed by atoms with Crippen LogP contribution in [0.15, 0.2) is 18.6 Å². The largest absolute Gasteiger partial charge is 0.261 e. The van der Waals surface area contributed by atoms with E-state index in [0.717, 1.165) is 24.3 Å². The van der Waals surface area contributed by atoms with Crippen molar-refractivity contribution >= 4 is 11.8 Å². The number of aromatic nitrogens is 2. The molecule has 4 heteroatoms. The second kappa shape index (κ2) is 3.35. The van der Waals surface area contributed by atoms with E-state index in [9.17, 15) is 0 Å². The van der Waals surface area contributed by atoms with Crippen molar-refractivity contribution in [3.8, 4) is 6.07 Å². The molecule has 1 saturated heterocycles. The summed E-state index contributed by atoms with van der Waals surface area (Å²) in [7, 11) is 0. The standard InChI is InChI=1S/C9H9N3S/c10-7-9(2-1-5-13-9)8-6-11-3-4-12-8/h3-4,6H,1-2,5H2. The Morgan fingerprint density at radius 3 is 3.00 bits per heavy atom. The van der Waals surface area contributed by atoms with E-state index in [1.807, 2.05) is 0 Å². The molecule has 3 nitrogen and oxygen atoms in total. The Balaban J connectivity index is 2.38. The van der Waals surface area contributed by atoms with E-state index in [4.69, 9.17) is 5.26 Å². The molecule has 1 atom stereocenters. The number of nitriles is 1. The molecule has 1 aliphatic rings. The molecule has 13 heavy (non-hydrogen) atoms. The molecule has 0 aliphatic carbocycles. The summed E-state index contributed by atoms with van der Waals surface area (Å²) >= 11 is 1.68. The summed E-state index contributed by atoms with van der Waals surface area (Å²) in [4.78, 5) is 8.19. The van der Waals surface area contributed by atoms with Crippen LogP contribution in [0.1, 0.15) is 18.5 Å². The summed E-state index contributed by atoms with van der Waals surface area (Å²) in [6.07, 6.45) is 6.96. The Bertz CT molecular complexity index is 324. The van der Waals surface area contributed by atoms with Gasteiger partial charge in [0.2, 0.25) is 0 Å². The summed E-state index contributed by atoms with van der Waals surface area (Å²) in [5, 5.41) is 9.13. The Hall–Kier alpha value is -1.08. The van der Waals surface area contributed by atoms with Gasteiger partial charge in [-0.2, -0.15) is 5.26 Å². The van der Waals surface area contributed by atoms with Gasteiger partial charge in [0.05, 0.1) is 18.0 Å². The van der Waals surface area contributed by atoms with Crippen LogP contribution in [-0.2, 0) is 4.75 Å². The monoisotopic (exact) mass is 191 g/mol. The van der Waals surface area contributed by atoms with Gasteiger partial charge in [0.25, 0.3) is 0 Å². The zero-order valence-corrected chi connectivity index (χ0v) is 7.92. The predicted octanol–water partition coefficient (Wildman–Crippen LogP) is 1.72. The van der Waals surface area contributed by atoms with Crippen molar-refractivity contribution in [3.05, 3.63) is 24.3 Å². The third-order valence-electron chi connectivity index (χ3n) is 2.18. The Morgan fingerprint density at radius 1 is 1.54 bits per heavy atom. The summed E-state index contributed by atoms with van der Waals surface area (Å²) in [5.74, 6) is 1.05. The summed E-state index contributed by atoms with van der Waals surface area (Å²) < 4.78 is -0.422. The molecule has 1 unspecified atom stereocenters. The second-order valence-corrected chi connectivity index (χ2v) is 4.38. The molecule has 1 aliphatic heterocycles. The van der Waals surface area contributed by atoms with Crippen LogP contribution >= 0.6 is 11.8 Å². The Labute approximate surface area is 81.2 Å². The first-order valence-corrected chi connectivity index (χ1v) is 5.18. The van der Waals surface area contributed by atoms with Gasteiger partial charge in [0, 0.05) is 12.4 Å². The van der Waals surface area contributed by atoms with E-state index in [-0.39, 0.29) is 0 Å². The lowest BCUT2D eigenvalue weighted by Gasteiger charge is -2.17. The molecule has 0 radical (unpaired) electrons. The zero-order chi connectivity index (χ0) is 9.15. The quantitative estimate of drug-likeness (QED) is 0.678. The van der Waals surface area contributed by atoms with Gasteiger partial charge < -0.3 is 0 Å². The average molecular weight is 191 g/mol. The number of hydrogen-bond acceptors (Lipinski definition) is 4. The first kappa shape index (κ1) is 8.52. The van der Waals surface area contributed by atoms with E-state index in [2.05, 4.69) is 16.0 Å². The van der Waals surface area contributed by atoms with Gasteiger partial charge in [-0.15, -0.1) is 11.8 Å². The maximum atomic E-state index is 9.13.